The molecule has 3 rings (SSSR count). The molecule has 180 valence electrons. The summed E-state index contributed by atoms with van der Waals surface area (Å²) in [5.74, 6) is 1.55. The van der Waals surface area contributed by atoms with Gasteiger partial charge in [0.05, 0.1) is 6.54 Å². The first kappa shape index (κ1) is 26.3. The summed E-state index contributed by atoms with van der Waals surface area (Å²) in [5, 5.41) is 3.27. The first-order valence-electron chi connectivity index (χ1n) is 11.0. The molecule has 0 aromatic carbocycles. The monoisotopic (exact) mass is 561 g/mol. The highest BCUT2D eigenvalue weighted by Gasteiger charge is 2.35. The van der Waals surface area contributed by atoms with Crippen molar-refractivity contribution in [3.8, 4) is 0 Å². The third-order valence-electron chi connectivity index (χ3n) is 5.52. The van der Waals surface area contributed by atoms with Crippen LogP contribution in [0.15, 0.2) is 21.5 Å². The van der Waals surface area contributed by atoms with E-state index in [9.17, 15) is 9.59 Å². The lowest BCUT2D eigenvalue weighted by Gasteiger charge is -2.40. The van der Waals surface area contributed by atoms with Gasteiger partial charge in [-0.2, -0.15) is 0 Å². The SMILES string of the molecule is CN=C(NCc1ccc(C(N)=O)o1)N1CCC(N(CC2CC2)C(=O)OC(C)(C)C)CC1.I. The van der Waals surface area contributed by atoms with E-state index in [0.29, 0.717) is 18.2 Å². The van der Waals surface area contributed by atoms with Crippen LogP contribution >= 0.6 is 24.0 Å². The third-order valence-corrected chi connectivity index (χ3v) is 5.52. The van der Waals surface area contributed by atoms with E-state index < -0.39 is 11.5 Å². The van der Waals surface area contributed by atoms with Gasteiger partial charge in [-0.15, -0.1) is 24.0 Å². The molecule has 0 bridgehead atoms. The summed E-state index contributed by atoms with van der Waals surface area (Å²) in [6, 6.07) is 3.47. The molecule has 1 aromatic heterocycles. The first-order valence-corrected chi connectivity index (χ1v) is 11.0. The second-order valence-corrected chi connectivity index (χ2v) is 9.33. The Hall–Kier alpha value is -1.98. The maximum absolute atomic E-state index is 12.8. The molecule has 2 aliphatic rings. The number of carbonyl (C=O) groups is 2. The Morgan fingerprint density at radius 1 is 1.25 bits per heavy atom. The van der Waals surface area contributed by atoms with Crippen LogP contribution in [-0.4, -0.2) is 66.1 Å². The van der Waals surface area contributed by atoms with Crippen molar-refractivity contribution in [1.82, 2.24) is 15.1 Å². The molecule has 2 amide bonds. The number of ether oxygens (including phenoxy) is 1. The zero-order valence-electron chi connectivity index (χ0n) is 19.4. The molecule has 32 heavy (non-hydrogen) atoms. The minimum absolute atomic E-state index is 0. The molecular formula is C22H36IN5O4. The zero-order valence-corrected chi connectivity index (χ0v) is 21.8. The number of rotatable bonds is 6. The second-order valence-electron chi connectivity index (χ2n) is 9.33. The van der Waals surface area contributed by atoms with E-state index in [4.69, 9.17) is 14.9 Å². The average molecular weight is 561 g/mol. The molecule has 0 atom stereocenters. The van der Waals surface area contributed by atoms with Gasteiger partial charge in [0, 0.05) is 32.7 Å². The normalized spacial score (nSPS) is 17.5. The maximum atomic E-state index is 12.8. The highest BCUT2D eigenvalue weighted by Crippen LogP contribution is 2.32. The molecule has 1 saturated heterocycles. The number of hydrogen-bond acceptors (Lipinski definition) is 5. The number of amides is 2. The van der Waals surface area contributed by atoms with Crippen LogP contribution < -0.4 is 11.1 Å². The van der Waals surface area contributed by atoms with Crippen LogP contribution in [0.1, 0.15) is 62.8 Å². The minimum Gasteiger partial charge on any atom is -0.454 e. The van der Waals surface area contributed by atoms with E-state index >= 15 is 0 Å². The van der Waals surface area contributed by atoms with Crippen LogP contribution in [0.25, 0.3) is 0 Å². The third kappa shape index (κ3) is 7.56. The van der Waals surface area contributed by atoms with Gasteiger partial charge >= 0.3 is 6.09 Å². The van der Waals surface area contributed by atoms with Gasteiger partial charge in [0.2, 0.25) is 0 Å². The number of carbonyl (C=O) groups excluding carboxylic acids is 2. The Bertz CT molecular complexity index is 807. The van der Waals surface area contributed by atoms with Gasteiger partial charge in [-0.1, -0.05) is 0 Å². The van der Waals surface area contributed by atoms with E-state index in [2.05, 4.69) is 15.2 Å². The molecule has 1 aliphatic carbocycles. The van der Waals surface area contributed by atoms with Gasteiger partial charge in [0.15, 0.2) is 11.7 Å². The summed E-state index contributed by atoms with van der Waals surface area (Å²) in [5.41, 5.74) is 4.74. The highest BCUT2D eigenvalue weighted by molar-refractivity contribution is 14.0. The van der Waals surface area contributed by atoms with Crippen LogP contribution in [-0.2, 0) is 11.3 Å². The molecule has 2 heterocycles. The van der Waals surface area contributed by atoms with Gasteiger partial charge in [-0.05, 0) is 64.5 Å². The fourth-order valence-electron chi connectivity index (χ4n) is 3.76. The Kier molecular flexibility index (Phi) is 9.23. The summed E-state index contributed by atoms with van der Waals surface area (Å²) >= 11 is 0. The topological polar surface area (TPSA) is 113 Å². The largest absolute Gasteiger partial charge is 0.454 e. The number of hydrogen-bond donors (Lipinski definition) is 2. The van der Waals surface area contributed by atoms with Crippen molar-refractivity contribution in [2.24, 2.45) is 16.6 Å². The first-order chi connectivity index (χ1) is 14.7. The van der Waals surface area contributed by atoms with Gasteiger partial charge in [0.1, 0.15) is 11.4 Å². The Morgan fingerprint density at radius 2 is 1.91 bits per heavy atom. The molecule has 9 nitrogen and oxygen atoms in total. The smallest absolute Gasteiger partial charge is 0.410 e. The van der Waals surface area contributed by atoms with Crippen LogP contribution in [0.4, 0.5) is 4.79 Å². The Balaban J connectivity index is 0.00000363. The maximum Gasteiger partial charge on any atom is 0.410 e. The molecule has 1 saturated carbocycles. The number of guanidine groups is 1. The number of aliphatic imine (C=N–C) groups is 1. The quantitative estimate of drug-likeness (QED) is 0.314. The van der Waals surface area contributed by atoms with Crippen LogP contribution in [0.2, 0.25) is 0 Å². The van der Waals surface area contributed by atoms with Crippen LogP contribution in [0.5, 0.6) is 0 Å². The Morgan fingerprint density at radius 3 is 2.41 bits per heavy atom. The Labute approximate surface area is 207 Å². The van der Waals surface area contributed by atoms with E-state index in [0.717, 1.165) is 38.4 Å². The van der Waals surface area contributed by atoms with Crippen LogP contribution in [0.3, 0.4) is 0 Å². The molecule has 3 N–H and O–H groups in total. The molecule has 1 aliphatic heterocycles. The molecular weight excluding hydrogens is 525 g/mol. The van der Waals surface area contributed by atoms with Crippen molar-refractivity contribution in [2.45, 2.75) is 64.6 Å². The zero-order chi connectivity index (χ0) is 22.6. The average Bonchev–Trinajstić information content (AvgIpc) is 3.40. The summed E-state index contributed by atoms with van der Waals surface area (Å²) in [7, 11) is 1.74. The van der Waals surface area contributed by atoms with E-state index in [1.54, 1.807) is 19.2 Å². The van der Waals surface area contributed by atoms with Gasteiger partial charge in [0.25, 0.3) is 5.91 Å². The van der Waals surface area contributed by atoms with E-state index in [-0.39, 0.29) is 41.9 Å². The number of nitrogens with one attached hydrogen (secondary N) is 1. The number of nitrogens with two attached hydrogens (primary N) is 1. The van der Waals surface area contributed by atoms with Crippen molar-refractivity contribution < 1.29 is 18.7 Å². The van der Waals surface area contributed by atoms with Crippen molar-refractivity contribution in [3.63, 3.8) is 0 Å². The number of halogens is 1. The lowest BCUT2D eigenvalue weighted by Crippen LogP contribution is -2.52. The van der Waals surface area contributed by atoms with Crippen LogP contribution in [0, 0.1) is 5.92 Å². The summed E-state index contributed by atoms with van der Waals surface area (Å²) in [4.78, 5) is 32.5. The predicted molar refractivity (Wildman–Crippen MR) is 133 cm³/mol. The number of furan rings is 1. The van der Waals surface area contributed by atoms with Crippen molar-refractivity contribution >= 4 is 41.9 Å². The van der Waals surface area contributed by atoms with Crippen molar-refractivity contribution in [3.05, 3.63) is 23.7 Å². The van der Waals surface area contributed by atoms with Crippen molar-refractivity contribution in [1.29, 1.82) is 0 Å². The number of likely N-dealkylation sites (tertiary alicyclic amines) is 1. The second kappa shape index (κ2) is 11.2. The summed E-state index contributed by atoms with van der Waals surface area (Å²) in [6.07, 6.45) is 3.90. The molecule has 2 fully saturated rings. The van der Waals surface area contributed by atoms with Gasteiger partial charge in [-0.3, -0.25) is 9.79 Å². The molecule has 0 radical (unpaired) electrons. The fourth-order valence-corrected chi connectivity index (χ4v) is 3.76. The molecule has 0 spiro atoms. The predicted octanol–water partition coefficient (Wildman–Crippen LogP) is 3.18. The standard InChI is InChI=1S/C22H35N5O4.HI/c1-22(2,3)31-21(29)27(14-15-5-6-15)16-9-11-26(12-10-16)20(24-4)25-13-17-7-8-18(30-17)19(23)28;/h7-8,15-16H,5-6,9-14H2,1-4H3,(H2,23,28)(H,24,25);1H. The highest BCUT2D eigenvalue weighted by atomic mass is 127. The van der Waals surface area contributed by atoms with Gasteiger partial charge in [-0.25, -0.2) is 4.79 Å². The molecule has 1 aromatic rings. The minimum atomic E-state index is -0.585. The summed E-state index contributed by atoms with van der Waals surface area (Å²) < 4.78 is 11.1. The van der Waals surface area contributed by atoms with E-state index in [1.807, 2.05) is 25.7 Å². The van der Waals surface area contributed by atoms with Gasteiger partial charge < -0.3 is 30.0 Å². The number of nitrogens with zero attached hydrogens (tertiary/aromatic N) is 3. The lowest BCUT2D eigenvalue weighted by molar-refractivity contribution is 0.00927. The molecule has 10 heteroatoms. The lowest BCUT2D eigenvalue weighted by atomic mass is 10.0. The van der Waals surface area contributed by atoms with E-state index in [1.165, 1.54) is 12.8 Å². The number of piperidine rings is 1. The molecule has 0 unspecified atom stereocenters. The van der Waals surface area contributed by atoms with Crippen molar-refractivity contribution in [2.75, 3.05) is 26.7 Å². The number of primary amides is 1. The fraction of sp³-hybridized carbons (Fsp3) is 0.682. The summed E-state index contributed by atoms with van der Waals surface area (Å²) in [6.45, 7) is 8.49.